The highest BCUT2D eigenvalue weighted by Crippen LogP contribution is 2.37. The summed E-state index contributed by atoms with van der Waals surface area (Å²) in [6, 6.07) is 0. The van der Waals surface area contributed by atoms with Crippen LogP contribution < -0.4 is 0 Å². The zero-order valence-electron chi connectivity index (χ0n) is 7.16. The van der Waals surface area contributed by atoms with Crippen LogP contribution in [-0.2, 0) is 11.3 Å². The van der Waals surface area contributed by atoms with Gasteiger partial charge in [-0.15, -0.1) is 0 Å². The van der Waals surface area contributed by atoms with Crippen molar-refractivity contribution < 1.29 is 9.84 Å². The minimum atomic E-state index is 0.00157. The molecule has 1 aliphatic rings. The van der Waals surface area contributed by atoms with Gasteiger partial charge in [0.25, 0.3) is 0 Å². The van der Waals surface area contributed by atoms with Gasteiger partial charge in [0.1, 0.15) is 5.75 Å². The number of ether oxygens (including phenoxy) is 1. The summed E-state index contributed by atoms with van der Waals surface area (Å²) in [5.74, 6) is 0.289. The van der Waals surface area contributed by atoms with Gasteiger partial charge in [0, 0.05) is 17.3 Å². The Morgan fingerprint density at radius 3 is 3.17 bits per heavy atom. The smallest absolute Gasteiger partial charge is 0.142 e. The zero-order chi connectivity index (χ0) is 8.72. The summed E-state index contributed by atoms with van der Waals surface area (Å²) in [5.41, 5.74) is 2.58. The summed E-state index contributed by atoms with van der Waals surface area (Å²) in [5, 5.41) is 9.65. The predicted molar refractivity (Wildman–Crippen MR) is 43.8 cm³/mol. The Morgan fingerprint density at radius 1 is 1.67 bits per heavy atom. The Labute approximate surface area is 71.0 Å². The Balaban J connectivity index is 2.63. The molecule has 64 valence electrons. The van der Waals surface area contributed by atoms with Gasteiger partial charge in [0.05, 0.1) is 18.4 Å². The van der Waals surface area contributed by atoms with Crippen molar-refractivity contribution >= 4 is 0 Å². The minimum absolute atomic E-state index is 0.00157. The molecule has 1 atom stereocenters. The van der Waals surface area contributed by atoms with E-state index in [2.05, 4.69) is 4.98 Å². The number of aromatic hydroxyl groups is 1. The number of hydrogen-bond acceptors (Lipinski definition) is 3. The van der Waals surface area contributed by atoms with E-state index in [1.54, 1.807) is 13.1 Å². The van der Waals surface area contributed by atoms with Crippen LogP contribution in [0, 0.1) is 6.92 Å². The molecule has 0 radical (unpaired) electrons. The number of pyridine rings is 1. The lowest BCUT2D eigenvalue weighted by molar-refractivity contribution is 0.0785. The first-order valence-electron chi connectivity index (χ1n) is 3.99. The second kappa shape index (κ2) is 2.45. The molecule has 0 amide bonds. The fraction of sp³-hybridized carbons (Fsp3) is 0.444. The minimum Gasteiger partial charge on any atom is -0.506 e. The van der Waals surface area contributed by atoms with Crippen molar-refractivity contribution in [1.29, 1.82) is 0 Å². The number of aryl methyl sites for hydroxylation is 1. The predicted octanol–water partition coefficient (Wildman–Crippen LogP) is 1.69. The molecular formula is C9H11NO2. The molecule has 0 saturated heterocycles. The summed E-state index contributed by atoms with van der Waals surface area (Å²) < 4.78 is 5.36. The van der Waals surface area contributed by atoms with Crippen LogP contribution in [0.25, 0.3) is 0 Å². The molecule has 0 fully saturated rings. The van der Waals surface area contributed by atoms with Crippen molar-refractivity contribution in [3.05, 3.63) is 23.0 Å². The summed E-state index contributed by atoms with van der Waals surface area (Å²) in [6.45, 7) is 4.29. The topological polar surface area (TPSA) is 42.4 Å². The normalized spacial score (nSPS) is 21.0. The van der Waals surface area contributed by atoms with Gasteiger partial charge in [-0.2, -0.15) is 0 Å². The molecule has 2 rings (SSSR count). The van der Waals surface area contributed by atoms with Crippen molar-refractivity contribution in [2.75, 3.05) is 0 Å². The van der Waals surface area contributed by atoms with Gasteiger partial charge in [-0.1, -0.05) is 0 Å². The SMILES string of the molecule is Cc1ncc2c(c1O)C(C)OC2. The van der Waals surface area contributed by atoms with Crippen molar-refractivity contribution in [1.82, 2.24) is 4.98 Å². The number of rotatable bonds is 0. The van der Waals surface area contributed by atoms with Crippen molar-refractivity contribution in [2.45, 2.75) is 26.6 Å². The quantitative estimate of drug-likeness (QED) is 0.636. The van der Waals surface area contributed by atoms with Crippen molar-refractivity contribution in [3.63, 3.8) is 0 Å². The number of nitrogens with zero attached hydrogens (tertiary/aromatic N) is 1. The summed E-state index contributed by atoms with van der Waals surface area (Å²) in [7, 11) is 0. The lowest BCUT2D eigenvalue weighted by Crippen LogP contribution is -1.92. The molecule has 1 aromatic heterocycles. The van der Waals surface area contributed by atoms with Gasteiger partial charge in [-0.05, 0) is 13.8 Å². The van der Waals surface area contributed by atoms with Crippen molar-refractivity contribution in [3.8, 4) is 5.75 Å². The van der Waals surface area contributed by atoms with Crippen LogP contribution in [0.1, 0.15) is 29.8 Å². The third-order valence-corrected chi connectivity index (χ3v) is 2.25. The maximum atomic E-state index is 9.65. The highest BCUT2D eigenvalue weighted by atomic mass is 16.5. The molecule has 1 unspecified atom stereocenters. The van der Waals surface area contributed by atoms with Crippen LogP contribution >= 0.6 is 0 Å². The van der Waals surface area contributed by atoms with Gasteiger partial charge >= 0.3 is 0 Å². The molecule has 1 N–H and O–H groups in total. The Kier molecular flexibility index (Phi) is 1.54. The molecule has 12 heavy (non-hydrogen) atoms. The maximum Gasteiger partial charge on any atom is 0.142 e. The standard InChI is InChI=1S/C9H11NO2/c1-5-9(11)8-6(2)12-4-7(8)3-10-5/h3,6,11H,4H2,1-2H3. The van der Waals surface area contributed by atoms with E-state index in [0.717, 1.165) is 11.1 Å². The lowest BCUT2D eigenvalue weighted by Gasteiger charge is -2.06. The molecule has 0 saturated carbocycles. The monoisotopic (exact) mass is 165 g/mol. The summed E-state index contributed by atoms with van der Waals surface area (Å²) in [4.78, 5) is 4.05. The van der Waals surface area contributed by atoms with Crippen LogP contribution in [0.15, 0.2) is 6.20 Å². The molecule has 3 heteroatoms. The third-order valence-electron chi connectivity index (χ3n) is 2.25. The Bertz CT molecular complexity index is 323. The fourth-order valence-corrected chi connectivity index (χ4v) is 1.52. The Morgan fingerprint density at radius 2 is 2.42 bits per heavy atom. The molecule has 0 spiro atoms. The van der Waals surface area contributed by atoms with E-state index in [9.17, 15) is 5.11 Å². The van der Waals surface area contributed by atoms with Gasteiger partial charge < -0.3 is 9.84 Å². The summed E-state index contributed by atoms with van der Waals surface area (Å²) in [6.07, 6.45) is 1.77. The lowest BCUT2D eigenvalue weighted by atomic mass is 10.1. The first kappa shape index (κ1) is 7.55. The summed E-state index contributed by atoms with van der Waals surface area (Å²) >= 11 is 0. The maximum absolute atomic E-state index is 9.65. The van der Waals surface area contributed by atoms with Crippen LogP contribution in [0.5, 0.6) is 5.75 Å². The molecule has 0 aliphatic carbocycles. The van der Waals surface area contributed by atoms with E-state index in [1.165, 1.54) is 0 Å². The van der Waals surface area contributed by atoms with Crippen LogP contribution in [-0.4, -0.2) is 10.1 Å². The molecule has 1 aromatic rings. The van der Waals surface area contributed by atoms with Crippen molar-refractivity contribution in [2.24, 2.45) is 0 Å². The fourth-order valence-electron chi connectivity index (χ4n) is 1.52. The average Bonchev–Trinajstić information content (AvgIpc) is 2.41. The second-order valence-corrected chi connectivity index (χ2v) is 3.08. The number of fused-ring (bicyclic) bond motifs is 1. The van der Waals surface area contributed by atoms with E-state index < -0.39 is 0 Å². The average molecular weight is 165 g/mol. The first-order chi connectivity index (χ1) is 5.70. The van der Waals surface area contributed by atoms with Gasteiger partial charge in [0.2, 0.25) is 0 Å². The third kappa shape index (κ3) is 0.898. The van der Waals surface area contributed by atoms with E-state index in [4.69, 9.17) is 4.74 Å². The molecule has 0 aromatic carbocycles. The van der Waals surface area contributed by atoms with Crippen LogP contribution in [0.3, 0.4) is 0 Å². The van der Waals surface area contributed by atoms with E-state index in [-0.39, 0.29) is 11.9 Å². The van der Waals surface area contributed by atoms with E-state index in [0.29, 0.717) is 12.3 Å². The highest BCUT2D eigenvalue weighted by Gasteiger charge is 2.24. The molecule has 3 nitrogen and oxygen atoms in total. The number of hydrogen-bond donors (Lipinski definition) is 1. The van der Waals surface area contributed by atoms with Gasteiger partial charge in [0.15, 0.2) is 0 Å². The number of aromatic nitrogens is 1. The highest BCUT2D eigenvalue weighted by molar-refractivity contribution is 5.43. The Hall–Kier alpha value is -1.09. The van der Waals surface area contributed by atoms with Gasteiger partial charge in [-0.25, -0.2) is 0 Å². The first-order valence-corrected chi connectivity index (χ1v) is 3.99. The van der Waals surface area contributed by atoms with Crippen LogP contribution in [0.4, 0.5) is 0 Å². The van der Waals surface area contributed by atoms with E-state index >= 15 is 0 Å². The van der Waals surface area contributed by atoms with Gasteiger partial charge in [-0.3, -0.25) is 4.98 Å². The molecule has 1 aliphatic heterocycles. The van der Waals surface area contributed by atoms with Crippen LogP contribution in [0.2, 0.25) is 0 Å². The van der Waals surface area contributed by atoms with E-state index in [1.807, 2.05) is 6.92 Å². The molecule has 2 heterocycles. The largest absolute Gasteiger partial charge is 0.506 e. The second-order valence-electron chi connectivity index (χ2n) is 3.08. The molecular weight excluding hydrogens is 154 g/mol. The zero-order valence-corrected chi connectivity index (χ0v) is 7.16. The molecule has 0 bridgehead atoms.